The van der Waals surface area contributed by atoms with Crippen LogP contribution in [-0.4, -0.2) is 22.9 Å². The number of ether oxygens (including phenoxy) is 1. The van der Waals surface area contributed by atoms with Crippen LogP contribution in [0, 0.1) is 10.1 Å². The maximum Gasteiger partial charge on any atom is 0.340 e. The van der Waals surface area contributed by atoms with Gasteiger partial charge in [0.1, 0.15) is 0 Å². The summed E-state index contributed by atoms with van der Waals surface area (Å²) in [5, 5.41) is 13.6. The van der Waals surface area contributed by atoms with Gasteiger partial charge in [-0.2, -0.15) is 0 Å². The number of carbonyl (C=O) groups excluding carboxylic acids is 2. The van der Waals surface area contributed by atoms with Crippen molar-refractivity contribution in [2.45, 2.75) is 13.0 Å². The second kappa shape index (κ2) is 7.96. The Balaban J connectivity index is 2.09. The number of carbonyl (C=O) groups is 2. The van der Waals surface area contributed by atoms with E-state index in [2.05, 4.69) is 5.32 Å². The van der Waals surface area contributed by atoms with Crippen LogP contribution in [0.4, 0.5) is 11.4 Å². The average molecular weight is 383 g/mol. The van der Waals surface area contributed by atoms with E-state index in [1.54, 1.807) is 24.3 Å². The summed E-state index contributed by atoms with van der Waals surface area (Å²) in [5.74, 6) is -1.56. The molecule has 0 spiro atoms. The van der Waals surface area contributed by atoms with Crippen molar-refractivity contribution < 1.29 is 19.2 Å². The van der Waals surface area contributed by atoms with Crippen LogP contribution in [0.15, 0.2) is 42.5 Å². The zero-order chi connectivity index (χ0) is 18.6. The van der Waals surface area contributed by atoms with E-state index in [1.807, 2.05) is 0 Å². The third-order valence-corrected chi connectivity index (χ3v) is 3.82. The van der Waals surface area contributed by atoms with Gasteiger partial charge in [-0.1, -0.05) is 35.3 Å². The zero-order valence-electron chi connectivity index (χ0n) is 12.9. The van der Waals surface area contributed by atoms with Gasteiger partial charge in [0.25, 0.3) is 11.6 Å². The van der Waals surface area contributed by atoms with E-state index < -0.39 is 22.9 Å². The van der Waals surface area contributed by atoms with Gasteiger partial charge in [0, 0.05) is 12.1 Å². The summed E-state index contributed by atoms with van der Waals surface area (Å²) in [6.45, 7) is 1.36. The largest absolute Gasteiger partial charge is 0.449 e. The lowest BCUT2D eigenvalue weighted by Gasteiger charge is -2.14. The molecule has 1 N–H and O–H groups in total. The molecule has 1 atom stereocenters. The molecule has 0 saturated carbocycles. The molecule has 2 aromatic carbocycles. The predicted molar refractivity (Wildman–Crippen MR) is 93.1 cm³/mol. The topological polar surface area (TPSA) is 98.5 Å². The molecule has 9 heteroatoms. The maximum atomic E-state index is 12.1. The summed E-state index contributed by atoms with van der Waals surface area (Å²) in [4.78, 5) is 34.4. The van der Waals surface area contributed by atoms with Gasteiger partial charge in [-0.15, -0.1) is 0 Å². The number of non-ortho nitro benzene ring substituents is 1. The lowest BCUT2D eigenvalue weighted by Crippen LogP contribution is -2.30. The van der Waals surface area contributed by atoms with Crippen LogP contribution >= 0.6 is 23.2 Å². The van der Waals surface area contributed by atoms with E-state index in [0.717, 1.165) is 12.1 Å². The van der Waals surface area contributed by atoms with E-state index in [1.165, 1.54) is 13.0 Å². The summed E-state index contributed by atoms with van der Waals surface area (Å²) >= 11 is 11.8. The van der Waals surface area contributed by atoms with E-state index in [4.69, 9.17) is 27.9 Å². The molecule has 0 aromatic heterocycles. The first kappa shape index (κ1) is 18.7. The molecule has 2 rings (SSSR count). The molecule has 1 amide bonds. The van der Waals surface area contributed by atoms with Crippen LogP contribution < -0.4 is 5.32 Å². The molecule has 25 heavy (non-hydrogen) atoms. The number of halogens is 2. The number of amides is 1. The Morgan fingerprint density at radius 2 is 1.84 bits per heavy atom. The van der Waals surface area contributed by atoms with E-state index in [0.29, 0.717) is 10.7 Å². The number of rotatable bonds is 5. The lowest BCUT2D eigenvalue weighted by atomic mass is 10.2. The summed E-state index contributed by atoms with van der Waals surface area (Å²) in [6, 6.07) is 9.93. The van der Waals surface area contributed by atoms with Crippen LogP contribution in [-0.2, 0) is 9.53 Å². The van der Waals surface area contributed by atoms with Crippen LogP contribution in [0.1, 0.15) is 17.3 Å². The smallest absolute Gasteiger partial charge is 0.340 e. The molecule has 2 aromatic rings. The van der Waals surface area contributed by atoms with E-state index in [-0.39, 0.29) is 16.3 Å². The van der Waals surface area contributed by atoms with Gasteiger partial charge in [-0.05, 0) is 25.1 Å². The van der Waals surface area contributed by atoms with Crippen molar-refractivity contribution in [2.75, 3.05) is 5.32 Å². The van der Waals surface area contributed by atoms with Crippen LogP contribution in [0.3, 0.4) is 0 Å². The number of benzene rings is 2. The van der Waals surface area contributed by atoms with Crippen molar-refractivity contribution in [1.29, 1.82) is 0 Å². The molecule has 0 aliphatic rings. The van der Waals surface area contributed by atoms with E-state index >= 15 is 0 Å². The monoisotopic (exact) mass is 382 g/mol. The van der Waals surface area contributed by atoms with Gasteiger partial charge >= 0.3 is 5.97 Å². The highest BCUT2D eigenvalue weighted by Crippen LogP contribution is 2.24. The van der Waals surface area contributed by atoms with Gasteiger partial charge in [-0.25, -0.2) is 4.79 Å². The average Bonchev–Trinajstić information content (AvgIpc) is 2.56. The van der Waals surface area contributed by atoms with Crippen molar-refractivity contribution in [1.82, 2.24) is 0 Å². The van der Waals surface area contributed by atoms with E-state index in [9.17, 15) is 19.7 Å². The Bertz CT molecular complexity index is 841. The van der Waals surface area contributed by atoms with Crippen molar-refractivity contribution >= 4 is 46.5 Å². The first-order valence-corrected chi connectivity index (χ1v) is 7.75. The SMILES string of the molecule is C[C@H](OC(=O)c1cc([N+](=O)[O-])ccc1Cl)C(=O)Nc1ccccc1Cl. The number of esters is 1. The van der Waals surface area contributed by atoms with Gasteiger partial charge in [0.2, 0.25) is 0 Å². The number of para-hydroxylation sites is 1. The molecular weight excluding hydrogens is 371 g/mol. The molecule has 0 saturated heterocycles. The molecule has 0 fully saturated rings. The van der Waals surface area contributed by atoms with Gasteiger partial charge in [-0.3, -0.25) is 14.9 Å². The number of hydrogen-bond donors (Lipinski definition) is 1. The van der Waals surface area contributed by atoms with Crippen LogP contribution in [0.5, 0.6) is 0 Å². The number of nitro benzene ring substituents is 1. The summed E-state index contributed by atoms with van der Waals surface area (Å²) < 4.78 is 5.02. The van der Waals surface area contributed by atoms with Crippen molar-refractivity contribution in [3.63, 3.8) is 0 Å². The molecule has 0 radical (unpaired) electrons. The lowest BCUT2D eigenvalue weighted by molar-refractivity contribution is -0.384. The minimum Gasteiger partial charge on any atom is -0.449 e. The second-order valence-corrected chi connectivity index (χ2v) is 5.75. The third kappa shape index (κ3) is 4.68. The van der Waals surface area contributed by atoms with Gasteiger partial charge in [0.15, 0.2) is 6.10 Å². The molecule has 0 unspecified atom stereocenters. The highest BCUT2D eigenvalue weighted by atomic mass is 35.5. The summed E-state index contributed by atoms with van der Waals surface area (Å²) in [7, 11) is 0. The Hall–Kier alpha value is -2.64. The quantitative estimate of drug-likeness (QED) is 0.477. The third-order valence-electron chi connectivity index (χ3n) is 3.17. The van der Waals surface area contributed by atoms with Crippen molar-refractivity contribution in [3.8, 4) is 0 Å². The molecule has 7 nitrogen and oxygen atoms in total. The molecule has 130 valence electrons. The zero-order valence-corrected chi connectivity index (χ0v) is 14.4. The van der Waals surface area contributed by atoms with Crippen molar-refractivity contribution in [3.05, 3.63) is 68.2 Å². The fourth-order valence-corrected chi connectivity index (χ4v) is 2.24. The Kier molecular flexibility index (Phi) is 5.95. The van der Waals surface area contributed by atoms with Gasteiger partial charge in [0.05, 0.1) is 26.2 Å². The first-order valence-electron chi connectivity index (χ1n) is 7.00. The number of nitro groups is 1. The number of nitrogens with zero attached hydrogens (tertiary/aromatic N) is 1. The van der Waals surface area contributed by atoms with Crippen LogP contribution in [0.2, 0.25) is 10.0 Å². The fourth-order valence-electron chi connectivity index (χ4n) is 1.86. The Morgan fingerprint density at radius 1 is 1.16 bits per heavy atom. The molecule has 0 bridgehead atoms. The first-order chi connectivity index (χ1) is 11.8. The molecule has 0 aliphatic heterocycles. The number of hydrogen-bond acceptors (Lipinski definition) is 5. The molecule has 0 aliphatic carbocycles. The minimum atomic E-state index is -1.17. The van der Waals surface area contributed by atoms with Gasteiger partial charge < -0.3 is 10.1 Å². The summed E-state index contributed by atoms with van der Waals surface area (Å²) in [6.07, 6.45) is -1.17. The number of nitrogens with one attached hydrogen (secondary N) is 1. The molecule has 0 heterocycles. The fraction of sp³-hybridized carbons (Fsp3) is 0.125. The summed E-state index contributed by atoms with van der Waals surface area (Å²) in [5.41, 5.74) is -0.150. The minimum absolute atomic E-state index is 0.0192. The highest BCUT2D eigenvalue weighted by molar-refractivity contribution is 6.34. The highest BCUT2D eigenvalue weighted by Gasteiger charge is 2.23. The second-order valence-electron chi connectivity index (χ2n) is 4.94. The predicted octanol–water partition coefficient (Wildman–Crippen LogP) is 4.09. The number of anilines is 1. The Morgan fingerprint density at radius 3 is 2.48 bits per heavy atom. The van der Waals surface area contributed by atoms with Crippen LogP contribution in [0.25, 0.3) is 0 Å². The molecular formula is C16H12Cl2N2O5. The standard InChI is InChI=1S/C16H12Cl2N2O5/c1-9(15(21)19-14-5-3-2-4-13(14)18)25-16(22)11-8-10(20(23)24)6-7-12(11)17/h2-9H,1H3,(H,19,21)/t9-/m0/s1. The van der Waals surface area contributed by atoms with Crippen molar-refractivity contribution in [2.24, 2.45) is 0 Å². The Labute approximate surface area is 152 Å². The maximum absolute atomic E-state index is 12.1. The normalized spacial score (nSPS) is 11.5.